The highest BCUT2D eigenvalue weighted by Crippen LogP contribution is 2.30. The Morgan fingerprint density at radius 3 is 2.64 bits per heavy atom. The fraction of sp³-hybridized carbons (Fsp3) is 0.500. The van der Waals surface area contributed by atoms with Gasteiger partial charge in [-0.15, -0.1) is 0 Å². The van der Waals surface area contributed by atoms with Gasteiger partial charge in [0.15, 0.2) is 0 Å². The van der Waals surface area contributed by atoms with Crippen molar-refractivity contribution in [3.05, 3.63) is 29.8 Å². The van der Waals surface area contributed by atoms with Gasteiger partial charge < -0.3 is 9.47 Å². The fourth-order valence-corrected chi connectivity index (χ4v) is 1.35. The van der Waals surface area contributed by atoms with Gasteiger partial charge in [-0.2, -0.15) is 0 Å². The molecule has 14 heavy (non-hydrogen) atoms. The zero-order valence-electron chi connectivity index (χ0n) is 8.53. The van der Waals surface area contributed by atoms with Crippen LogP contribution >= 0.6 is 0 Å². The third-order valence-electron chi connectivity index (χ3n) is 2.35. The van der Waals surface area contributed by atoms with Crippen LogP contribution in [0.5, 0.6) is 5.75 Å². The van der Waals surface area contributed by atoms with E-state index in [1.165, 1.54) is 12.0 Å². The Labute approximate surface area is 84.8 Å². The number of epoxide rings is 1. The van der Waals surface area contributed by atoms with Crippen molar-refractivity contribution >= 4 is 0 Å². The molecule has 0 bridgehead atoms. The van der Waals surface area contributed by atoms with Crippen molar-refractivity contribution < 1.29 is 9.47 Å². The van der Waals surface area contributed by atoms with Gasteiger partial charge in [-0.1, -0.05) is 25.5 Å². The van der Waals surface area contributed by atoms with Gasteiger partial charge in [0.2, 0.25) is 0 Å². The smallest absolute Gasteiger partial charge is 0.119 e. The van der Waals surface area contributed by atoms with Gasteiger partial charge >= 0.3 is 0 Å². The molecule has 2 nitrogen and oxygen atoms in total. The molecule has 0 radical (unpaired) electrons. The lowest BCUT2D eigenvalue weighted by Crippen LogP contribution is -1.96. The van der Waals surface area contributed by atoms with E-state index in [1.807, 2.05) is 12.1 Å². The fourth-order valence-electron chi connectivity index (χ4n) is 1.35. The minimum atomic E-state index is 0.347. The molecule has 1 atom stereocenters. The van der Waals surface area contributed by atoms with E-state index in [4.69, 9.17) is 9.47 Å². The average Bonchev–Trinajstić information content (AvgIpc) is 3.03. The molecule has 1 heterocycles. The minimum Gasteiger partial charge on any atom is -0.494 e. The number of ether oxygens (including phenoxy) is 2. The summed E-state index contributed by atoms with van der Waals surface area (Å²) in [4.78, 5) is 0. The number of hydrogen-bond acceptors (Lipinski definition) is 2. The van der Waals surface area contributed by atoms with E-state index < -0.39 is 0 Å². The zero-order valence-corrected chi connectivity index (χ0v) is 8.53. The highest BCUT2D eigenvalue weighted by atomic mass is 16.6. The molecule has 1 fully saturated rings. The Kier molecular flexibility index (Phi) is 3.04. The number of rotatable bonds is 5. The average molecular weight is 192 g/mol. The summed E-state index contributed by atoms with van der Waals surface area (Å²) in [6.45, 7) is 3.85. The first-order valence-electron chi connectivity index (χ1n) is 5.24. The summed E-state index contributed by atoms with van der Waals surface area (Å²) in [6.07, 6.45) is 2.64. The van der Waals surface area contributed by atoms with Crippen molar-refractivity contribution in [1.29, 1.82) is 0 Å². The monoisotopic (exact) mass is 192 g/mol. The second-order valence-electron chi connectivity index (χ2n) is 3.59. The Hall–Kier alpha value is -1.02. The van der Waals surface area contributed by atoms with Crippen LogP contribution in [-0.4, -0.2) is 13.2 Å². The molecule has 1 aromatic carbocycles. The maximum Gasteiger partial charge on any atom is 0.119 e. The molecule has 0 spiro atoms. The predicted molar refractivity (Wildman–Crippen MR) is 55.5 cm³/mol. The van der Waals surface area contributed by atoms with Crippen LogP contribution in [0.1, 0.15) is 31.4 Å². The number of unbranched alkanes of at least 4 members (excludes halogenated alkanes) is 1. The summed E-state index contributed by atoms with van der Waals surface area (Å²) in [5, 5.41) is 0. The first-order chi connectivity index (χ1) is 6.90. The molecule has 1 aliphatic rings. The van der Waals surface area contributed by atoms with E-state index in [0.29, 0.717) is 6.10 Å². The van der Waals surface area contributed by atoms with Crippen molar-refractivity contribution in [3.63, 3.8) is 0 Å². The van der Waals surface area contributed by atoms with Crippen molar-refractivity contribution in [2.75, 3.05) is 13.2 Å². The lowest BCUT2D eigenvalue weighted by molar-refractivity contribution is 0.309. The number of hydrogen-bond donors (Lipinski definition) is 0. The highest BCUT2D eigenvalue weighted by Gasteiger charge is 2.24. The molecule has 1 aromatic rings. The van der Waals surface area contributed by atoms with E-state index in [-0.39, 0.29) is 0 Å². The molecule has 0 N–H and O–H groups in total. The van der Waals surface area contributed by atoms with Crippen LogP contribution in [-0.2, 0) is 4.74 Å². The topological polar surface area (TPSA) is 21.8 Å². The van der Waals surface area contributed by atoms with E-state index in [1.54, 1.807) is 0 Å². The lowest BCUT2D eigenvalue weighted by Gasteiger charge is -2.05. The third kappa shape index (κ3) is 2.48. The van der Waals surface area contributed by atoms with Crippen LogP contribution in [0.3, 0.4) is 0 Å². The second kappa shape index (κ2) is 4.47. The third-order valence-corrected chi connectivity index (χ3v) is 2.35. The van der Waals surface area contributed by atoms with Crippen LogP contribution in [0.25, 0.3) is 0 Å². The maximum atomic E-state index is 5.56. The summed E-state index contributed by atoms with van der Waals surface area (Å²) in [5.74, 6) is 0.961. The molecular weight excluding hydrogens is 176 g/mol. The predicted octanol–water partition coefficient (Wildman–Crippen LogP) is 2.94. The summed E-state index contributed by atoms with van der Waals surface area (Å²) < 4.78 is 10.8. The Morgan fingerprint density at radius 1 is 1.36 bits per heavy atom. The molecule has 1 saturated heterocycles. The van der Waals surface area contributed by atoms with E-state index in [0.717, 1.165) is 25.4 Å². The van der Waals surface area contributed by atoms with Gasteiger partial charge in [0.1, 0.15) is 11.9 Å². The van der Waals surface area contributed by atoms with Crippen molar-refractivity contribution in [3.8, 4) is 5.75 Å². The summed E-state index contributed by atoms with van der Waals surface area (Å²) in [7, 11) is 0. The molecule has 2 heteroatoms. The highest BCUT2D eigenvalue weighted by molar-refractivity contribution is 5.29. The Balaban J connectivity index is 1.86. The number of benzene rings is 1. The largest absolute Gasteiger partial charge is 0.494 e. The molecule has 0 amide bonds. The van der Waals surface area contributed by atoms with Crippen molar-refractivity contribution in [2.45, 2.75) is 25.9 Å². The van der Waals surface area contributed by atoms with Gasteiger partial charge in [-0.3, -0.25) is 0 Å². The quantitative estimate of drug-likeness (QED) is 0.528. The van der Waals surface area contributed by atoms with E-state index in [2.05, 4.69) is 19.1 Å². The van der Waals surface area contributed by atoms with Gasteiger partial charge in [-0.05, 0) is 24.1 Å². The Morgan fingerprint density at radius 2 is 2.07 bits per heavy atom. The molecule has 1 aliphatic heterocycles. The molecule has 0 saturated carbocycles. The van der Waals surface area contributed by atoms with Crippen molar-refractivity contribution in [1.82, 2.24) is 0 Å². The van der Waals surface area contributed by atoms with Gasteiger partial charge in [0, 0.05) is 0 Å². The summed E-state index contributed by atoms with van der Waals surface area (Å²) in [6, 6.07) is 8.21. The van der Waals surface area contributed by atoms with Crippen LogP contribution < -0.4 is 4.74 Å². The first-order valence-corrected chi connectivity index (χ1v) is 5.24. The van der Waals surface area contributed by atoms with Crippen molar-refractivity contribution in [2.24, 2.45) is 0 Å². The zero-order chi connectivity index (χ0) is 9.80. The van der Waals surface area contributed by atoms with Gasteiger partial charge in [-0.25, -0.2) is 0 Å². The maximum absolute atomic E-state index is 5.56. The summed E-state index contributed by atoms with van der Waals surface area (Å²) >= 11 is 0. The Bertz CT molecular complexity index is 275. The molecule has 0 aromatic heterocycles. The minimum absolute atomic E-state index is 0.347. The lowest BCUT2D eigenvalue weighted by atomic mass is 10.2. The van der Waals surface area contributed by atoms with Gasteiger partial charge in [0.25, 0.3) is 0 Å². The second-order valence-corrected chi connectivity index (χ2v) is 3.59. The molecular formula is C12H16O2. The SMILES string of the molecule is CCCCOc1ccc(C2CO2)cc1. The molecule has 1 unspecified atom stereocenters. The normalized spacial score (nSPS) is 19.4. The van der Waals surface area contributed by atoms with Crippen LogP contribution in [0.4, 0.5) is 0 Å². The standard InChI is InChI=1S/C12H16O2/c1-2-3-8-13-11-6-4-10(5-7-11)12-9-14-12/h4-7,12H,2-3,8-9H2,1H3. The van der Waals surface area contributed by atoms with Crippen LogP contribution in [0, 0.1) is 0 Å². The summed E-state index contributed by atoms with van der Waals surface area (Å²) in [5.41, 5.74) is 1.26. The van der Waals surface area contributed by atoms with Crippen LogP contribution in [0.15, 0.2) is 24.3 Å². The molecule has 2 rings (SSSR count). The first kappa shape index (κ1) is 9.53. The van der Waals surface area contributed by atoms with Crippen LogP contribution in [0.2, 0.25) is 0 Å². The van der Waals surface area contributed by atoms with E-state index >= 15 is 0 Å². The van der Waals surface area contributed by atoms with Gasteiger partial charge in [0.05, 0.1) is 13.2 Å². The van der Waals surface area contributed by atoms with E-state index in [9.17, 15) is 0 Å². The molecule has 76 valence electrons. The molecule has 0 aliphatic carbocycles.